The van der Waals surface area contributed by atoms with Crippen molar-refractivity contribution in [1.82, 2.24) is 0 Å². The van der Waals surface area contributed by atoms with Gasteiger partial charge < -0.3 is 4.74 Å². The lowest BCUT2D eigenvalue weighted by molar-refractivity contribution is 0.103. The van der Waals surface area contributed by atoms with Crippen LogP contribution in [-0.4, -0.2) is 12.9 Å². The Labute approximate surface area is 121 Å². The maximum Gasteiger partial charge on any atom is 0.196 e. The Morgan fingerprint density at radius 2 is 1.74 bits per heavy atom. The molecule has 2 rings (SSSR count). The van der Waals surface area contributed by atoms with E-state index in [-0.39, 0.29) is 5.78 Å². The third-order valence-electron chi connectivity index (χ3n) is 3.04. The fourth-order valence-corrected chi connectivity index (χ4v) is 2.21. The monoisotopic (exact) mass is 318 g/mol. The summed E-state index contributed by atoms with van der Waals surface area (Å²) >= 11 is 3.45. The Hall–Kier alpha value is -1.61. The van der Waals surface area contributed by atoms with Crippen LogP contribution in [0.2, 0.25) is 0 Å². The molecular weight excluding hydrogens is 304 g/mol. The van der Waals surface area contributed by atoms with E-state index in [2.05, 4.69) is 15.9 Å². The zero-order valence-electron chi connectivity index (χ0n) is 11.2. The molecule has 98 valence electrons. The van der Waals surface area contributed by atoms with Crippen LogP contribution in [0.15, 0.2) is 40.9 Å². The summed E-state index contributed by atoms with van der Waals surface area (Å²) in [6.07, 6.45) is 0. The van der Waals surface area contributed by atoms with Gasteiger partial charge in [0, 0.05) is 10.0 Å². The second kappa shape index (κ2) is 5.57. The molecule has 0 amide bonds. The number of aryl methyl sites for hydroxylation is 2. The summed E-state index contributed by atoms with van der Waals surface area (Å²) in [5, 5.41) is 0. The standard InChI is InChI=1S/C16H15BrO2/c1-10-4-6-12(7-5-10)16(18)13-9-14(17)11(2)8-15(13)19-3/h4-9H,1-3H3. The number of ether oxygens (including phenoxy) is 1. The predicted octanol–water partition coefficient (Wildman–Crippen LogP) is 4.31. The molecule has 0 atom stereocenters. The van der Waals surface area contributed by atoms with Gasteiger partial charge in [-0.25, -0.2) is 0 Å². The molecule has 0 unspecified atom stereocenters. The zero-order chi connectivity index (χ0) is 14.0. The van der Waals surface area contributed by atoms with Crippen molar-refractivity contribution in [1.29, 1.82) is 0 Å². The number of halogens is 1. The first-order valence-electron chi connectivity index (χ1n) is 5.98. The fraction of sp³-hybridized carbons (Fsp3) is 0.188. The van der Waals surface area contributed by atoms with Gasteiger partial charge in [-0.2, -0.15) is 0 Å². The van der Waals surface area contributed by atoms with Gasteiger partial charge in [0.05, 0.1) is 12.7 Å². The first-order valence-corrected chi connectivity index (χ1v) is 6.77. The second-order valence-corrected chi connectivity index (χ2v) is 5.35. The van der Waals surface area contributed by atoms with Crippen molar-refractivity contribution in [2.45, 2.75) is 13.8 Å². The van der Waals surface area contributed by atoms with Crippen LogP contribution in [0.25, 0.3) is 0 Å². The Bertz CT molecular complexity index is 615. The Morgan fingerprint density at radius 3 is 2.32 bits per heavy atom. The first-order chi connectivity index (χ1) is 9.02. The summed E-state index contributed by atoms with van der Waals surface area (Å²) in [5.74, 6) is 0.573. The molecule has 0 spiro atoms. The molecule has 0 radical (unpaired) electrons. The molecule has 0 bridgehead atoms. The fourth-order valence-electron chi connectivity index (χ4n) is 1.86. The van der Waals surface area contributed by atoms with E-state index in [4.69, 9.17) is 4.74 Å². The van der Waals surface area contributed by atoms with E-state index >= 15 is 0 Å². The summed E-state index contributed by atoms with van der Waals surface area (Å²) < 4.78 is 6.21. The van der Waals surface area contributed by atoms with Crippen LogP contribution in [0, 0.1) is 13.8 Å². The van der Waals surface area contributed by atoms with E-state index < -0.39 is 0 Å². The molecule has 0 saturated carbocycles. The summed E-state index contributed by atoms with van der Waals surface area (Å²) in [4.78, 5) is 12.5. The minimum atomic E-state index is -0.0300. The number of rotatable bonds is 3. The average Bonchev–Trinajstić information content (AvgIpc) is 2.41. The number of carbonyl (C=O) groups excluding carboxylic acids is 1. The quantitative estimate of drug-likeness (QED) is 0.788. The van der Waals surface area contributed by atoms with Gasteiger partial charge in [-0.3, -0.25) is 4.79 Å². The molecule has 0 aliphatic heterocycles. The van der Waals surface area contributed by atoms with Crippen LogP contribution in [0.1, 0.15) is 27.0 Å². The second-order valence-electron chi connectivity index (χ2n) is 4.50. The van der Waals surface area contributed by atoms with Crippen molar-refractivity contribution >= 4 is 21.7 Å². The van der Waals surface area contributed by atoms with Crippen LogP contribution in [-0.2, 0) is 0 Å². The lowest BCUT2D eigenvalue weighted by atomic mass is 10.0. The van der Waals surface area contributed by atoms with Gasteiger partial charge in [0.2, 0.25) is 0 Å². The van der Waals surface area contributed by atoms with Gasteiger partial charge in [0.15, 0.2) is 5.78 Å². The molecule has 0 aromatic heterocycles. The van der Waals surface area contributed by atoms with E-state index in [1.807, 2.05) is 50.2 Å². The Balaban J connectivity index is 2.49. The highest BCUT2D eigenvalue weighted by Crippen LogP contribution is 2.28. The number of hydrogen-bond acceptors (Lipinski definition) is 2. The van der Waals surface area contributed by atoms with Gasteiger partial charge in [0.1, 0.15) is 5.75 Å². The maximum absolute atomic E-state index is 12.5. The first kappa shape index (κ1) is 13.8. The van der Waals surface area contributed by atoms with Crippen molar-refractivity contribution in [3.8, 4) is 5.75 Å². The van der Waals surface area contributed by atoms with Crippen molar-refractivity contribution in [3.05, 3.63) is 63.1 Å². The van der Waals surface area contributed by atoms with Gasteiger partial charge >= 0.3 is 0 Å². The highest BCUT2D eigenvalue weighted by atomic mass is 79.9. The molecule has 0 aliphatic carbocycles. The van der Waals surface area contributed by atoms with Crippen molar-refractivity contribution in [2.75, 3.05) is 7.11 Å². The van der Waals surface area contributed by atoms with Crippen LogP contribution < -0.4 is 4.74 Å². The minimum absolute atomic E-state index is 0.0300. The van der Waals surface area contributed by atoms with E-state index in [9.17, 15) is 4.79 Å². The lowest BCUT2D eigenvalue weighted by Crippen LogP contribution is -2.04. The average molecular weight is 319 g/mol. The maximum atomic E-state index is 12.5. The molecule has 0 N–H and O–H groups in total. The molecule has 19 heavy (non-hydrogen) atoms. The molecule has 3 heteroatoms. The van der Waals surface area contributed by atoms with E-state index in [1.165, 1.54) is 0 Å². The lowest BCUT2D eigenvalue weighted by Gasteiger charge is -2.10. The zero-order valence-corrected chi connectivity index (χ0v) is 12.7. The Kier molecular flexibility index (Phi) is 4.05. The van der Waals surface area contributed by atoms with Gasteiger partial charge in [-0.1, -0.05) is 45.8 Å². The summed E-state index contributed by atoms with van der Waals surface area (Å²) in [5.41, 5.74) is 3.41. The number of carbonyl (C=O) groups is 1. The molecular formula is C16H15BrO2. The molecule has 0 heterocycles. The van der Waals surface area contributed by atoms with E-state index in [0.29, 0.717) is 16.9 Å². The van der Waals surface area contributed by atoms with Crippen molar-refractivity contribution in [3.63, 3.8) is 0 Å². The predicted molar refractivity (Wildman–Crippen MR) is 80.0 cm³/mol. The molecule has 0 fully saturated rings. The molecule has 2 aromatic carbocycles. The number of methoxy groups -OCH3 is 1. The smallest absolute Gasteiger partial charge is 0.196 e. The Morgan fingerprint density at radius 1 is 1.11 bits per heavy atom. The minimum Gasteiger partial charge on any atom is -0.496 e. The number of hydrogen-bond donors (Lipinski definition) is 0. The largest absolute Gasteiger partial charge is 0.496 e. The van der Waals surface area contributed by atoms with Crippen LogP contribution in [0.4, 0.5) is 0 Å². The number of ketones is 1. The van der Waals surface area contributed by atoms with Crippen LogP contribution in [0.5, 0.6) is 5.75 Å². The van der Waals surface area contributed by atoms with Crippen molar-refractivity contribution < 1.29 is 9.53 Å². The topological polar surface area (TPSA) is 26.3 Å². The van der Waals surface area contributed by atoms with Gasteiger partial charge in [-0.15, -0.1) is 0 Å². The van der Waals surface area contributed by atoms with E-state index in [0.717, 1.165) is 15.6 Å². The van der Waals surface area contributed by atoms with Crippen molar-refractivity contribution in [2.24, 2.45) is 0 Å². The normalized spacial score (nSPS) is 10.3. The number of benzene rings is 2. The summed E-state index contributed by atoms with van der Waals surface area (Å²) in [6, 6.07) is 11.2. The van der Waals surface area contributed by atoms with Crippen LogP contribution >= 0.6 is 15.9 Å². The molecule has 2 aromatic rings. The highest BCUT2D eigenvalue weighted by molar-refractivity contribution is 9.10. The molecule has 0 saturated heterocycles. The third kappa shape index (κ3) is 2.87. The van der Waals surface area contributed by atoms with Crippen LogP contribution in [0.3, 0.4) is 0 Å². The van der Waals surface area contributed by atoms with E-state index in [1.54, 1.807) is 7.11 Å². The highest BCUT2D eigenvalue weighted by Gasteiger charge is 2.16. The SMILES string of the molecule is COc1cc(C)c(Br)cc1C(=O)c1ccc(C)cc1. The summed E-state index contributed by atoms with van der Waals surface area (Å²) in [6.45, 7) is 3.96. The summed E-state index contributed by atoms with van der Waals surface area (Å²) in [7, 11) is 1.58. The molecule has 0 aliphatic rings. The third-order valence-corrected chi connectivity index (χ3v) is 3.89. The van der Waals surface area contributed by atoms with Gasteiger partial charge in [-0.05, 0) is 31.5 Å². The van der Waals surface area contributed by atoms with Gasteiger partial charge in [0.25, 0.3) is 0 Å². The molecule has 2 nitrogen and oxygen atoms in total.